The highest BCUT2D eigenvalue weighted by molar-refractivity contribution is 6.33. The van der Waals surface area contributed by atoms with Crippen molar-refractivity contribution in [2.75, 3.05) is 0 Å². The SMILES string of the molecule is Cc1n[nH]c(=O)c(-c2ncc(Cl)cc2F)c1-c1ccc(Cl)cc1.Cc1nnc(Cl)c(-c2ncc(Cl)cc2F)c1-c1ccc(Cl)cc1. The van der Waals surface area contributed by atoms with Crippen LogP contribution in [0.2, 0.25) is 25.2 Å². The van der Waals surface area contributed by atoms with Crippen molar-refractivity contribution in [3.63, 3.8) is 0 Å². The Kier molecular flexibility index (Phi) is 10.3. The van der Waals surface area contributed by atoms with Crippen LogP contribution in [0.15, 0.2) is 77.9 Å². The molecule has 46 heavy (non-hydrogen) atoms. The molecule has 6 aromatic rings. The summed E-state index contributed by atoms with van der Waals surface area (Å²) in [4.78, 5) is 20.3. The van der Waals surface area contributed by atoms with Gasteiger partial charge in [-0.3, -0.25) is 14.8 Å². The number of benzene rings is 2. The van der Waals surface area contributed by atoms with Gasteiger partial charge in [-0.1, -0.05) is 82.3 Å². The Morgan fingerprint density at radius 3 is 1.52 bits per heavy atom. The Morgan fingerprint density at radius 2 is 1.04 bits per heavy atom. The number of H-pyrrole nitrogens is 1. The Hall–Kier alpha value is -3.99. The number of rotatable bonds is 4. The van der Waals surface area contributed by atoms with Crippen molar-refractivity contribution in [1.29, 1.82) is 0 Å². The van der Waals surface area contributed by atoms with Crippen molar-refractivity contribution >= 4 is 58.0 Å². The van der Waals surface area contributed by atoms with Crippen molar-refractivity contribution in [3.8, 4) is 44.8 Å². The summed E-state index contributed by atoms with van der Waals surface area (Å²) in [6, 6.07) is 16.2. The first-order valence-electron chi connectivity index (χ1n) is 13.2. The molecule has 0 unspecified atom stereocenters. The minimum atomic E-state index is -0.677. The van der Waals surface area contributed by atoms with Gasteiger partial charge in [-0.05, 0) is 61.4 Å². The molecule has 0 amide bonds. The lowest BCUT2D eigenvalue weighted by Crippen LogP contribution is -2.15. The molecule has 0 atom stereocenters. The number of hydrogen-bond donors (Lipinski definition) is 1. The number of hydrogen-bond acceptors (Lipinski definition) is 6. The minimum Gasteiger partial charge on any atom is -0.267 e. The molecule has 0 fully saturated rings. The van der Waals surface area contributed by atoms with E-state index in [0.29, 0.717) is 43.7 Å². The van der Waals surface area contributed by atoms with Crippen LogP contribution in [0.4, 0.5) is 8.78 Å². The van der Waals surface area contributed by atoms with E-state index in [0.717, 1.165) is 11.6 Å². The maximum absolute atomic E-state index is 14.3. The van der Waals surface area contributed by atoms with Crippen molar-refractivity contribution in [2.24, 2.45) is 0 Å². The summed E-state index contributed by atoms with van der Waals surface area (Å²) in [6.07, 6.45) is 2.65. The van der Waals surface area contributed by atoms with E-state index in [1.165, 1.54) is 18.5 Å². The van der Waals surface area contributed by atoms with Crippen LogP contribution < -0.4 is 5.56 Å². The number of pyridine rings is 2. The maximum atomic E-state index is 14.3. The van der Waals surface area contributed by atoms with E-state index in [1.54, 1.807) is 62.4 Å². The van der Waals surface area contributed by atoms with Gasteiger partial charge in [0.05, 0.1) is 32.6 Å². The quantitative estimate of drug-likeness (QED) is 0.195. The standard InChI is InChI=1S/C16H9Cl3FN3.C16H10Cl2FN3O/c1-8-13(9-2-4-10(17)5-3-9)14(16(19)23-22-8)15-12(20)6-11(18)7-21-15;1-8-13(9-2-4-10(17)5-3-9)14(16(23)22-21-8)15-12(19)6-11(18)7-20-15/h2-7H,1H3;2-7H,1H3,(H,22,23). The molecule has 0 bridgehead atoms. The molecule has 0 aliphatic rings. The molecule has 7 nitrogen and oxygen atoms in total. The van der Waals surface area contributed by atoms with Crippen molar-refractivity contribution < 1.29 is 8.78 Å². The Labute approximate surface area is 286 Å². The summed E-state index contributed by atoms with van der Waals surface area (Å²) in [5.41, 5.74) is 3.70. The fourth-order valence-corrected chi connectivity index (χ4v) is 5.39. The average Bonchev–Trinajstić information content (AvgIpc) is 3.01. The first-order valence-corrected chi connectivity index (χ1v) is 15.1. The van der Waals surface area contributed by atoms with Crippen LogP contribution in [-0.4, -0.2) is 30.4 Å². The smallest absolute Gasteiger partial charge is 0.267 e. The van der Waals surface area contributed by atoms with Crippen LogP contribution in [0.3, 0.4) is 0 Å². The molecule has 4 aromatic heterocycles. The molecule has 0 aliphatic heterocycles. The van der Waals surface area contributed by atoms with Crippen LogP contribution in [0.25, 0.3) is 44.8 Å². The molecular weight excluding hydrogens is 700 g/mol. The second-order valence-electron chi connectivity index (χ2n) is 9.70. The van der Waals surface area contributed by atoms with Crippen LogP contribution >= 0.6 is 58.0 Å². The van der Waals surface area contributed by atoms with Gasteiger partial charge in [-0.15, -0.1) is 5.10 Å². The number of nitrogens with zero attached hydrogens (tertiary/aromatic N) is 5. The number of halogens is 7. The van der Waals surface area contributed by atoms with Gasteiger partial charge in [0.15, 0.2) is 16.8 Å². The third kappa shape index (κ3) is 7.19. The predicted octanol–water partition coefficient (Wildman–Crippen LogP) is 9.87. The lowest BCUT2D eigenvalue weighted by atomic mass is 9.97. The second kappa shape index (κ2) is 14.2. The summed E-state index contributed by atoms with van der Waals surface area (Å²) in [7, 11) is 0. The highest BCUT2D eigenvalue weighted by Gasteiger charge is 2.22. The van der Waals surface area contributed by atoms with Crippen LogP contribution in [-0.2, 0) is 0 Å². The monoisotopic (exact) mass is 716 g/mol. The van der Waals surface area contributed by atoms with Gasteiger partial charge in [0.2, 0.25) is 0 Å². The third-order valence-corrected chi connectivity index (χ3v) is 7.81. The van der Waals surface area contributed by atoms with Gasteiger partial charge in [0.1, 0.15) is 11.4 Å². The molecule has 0 saturated carbocycles. The molecule has 2 aromatic carbocycles. The summed E-state index contributed by atoms with van der Waals surface area (Å²) in [5, 5.41) is 15.8. The fourth-order valence-electron chi connectivity index (χ4n) is 4.62. The lowest BCUT2D eigenvalue weighted by Gasteiger charge is -2.13. The zero-order valence-electron chi connectivity index (χ0n) is 23.7. The van der Waals surface area contributed by atoms with Gasteiger partial charge >= 0.3 is 0 Å². The molecule has 1 N–H and O–H groups in total. The van der Waals surface area contributed by atoms with Crippen LogP contribution in [0, 0.1) is 25.5 Å². The average molecular weight is 719 g/mol. The number of aryl methyl sites for hydroxylation is 2. The zero-order valence-corrected chi connectivity index (χ0v) is 27.5. The molecular formula is C32H19Cl5F2N6O. The van der Waals surface area contributed by atoms with E-state index in [1.807, 2.05) is 0 Å². The van der Waals surface area contributed by atoms with Gasteiger partial charge < -0.3 is 0 Å². The Balaban J connectivity index is 0.000000181. The molecule has 0 saturated heterocycles. The fraction of sp³-hybridized carbons (Fsp3) is 0.0625. The zero-order chi connectivity index (χ0) is 33.1. The van der Waals surface area contributed by atoms with Crippen molar-refractivity contribution in [2.45, 2.75) is 13.8 Å². The molecule has 14 heteroatoms. The predicted molar refractivity (Wildman–Crippen MR) is 179 cm³/mol. The Morgan fingerprint density at radius 1 is 0.587 bits per heavy atom. The van der Waals surface area contributed by atoms with E-state index >= 15 is 0 Å². The first-order chi connectivity index (χ1) is 21.9. The molecule has 232 valence electrons. The van der Waals surface area contributed by atoms with Crippen molar-refractivity contribution in [3.05, 3.63) is 132 Å². The summed E-state index contributed by atoms with van der Waals surface area (Å²) in [5.74, 6) is -1.26. The van der Waals surface area contributed by atoms with Gasteiger partial charge in [0, 0.05) is 33.6 Å². The van der Waals surface area contributed by atoms with E-state index in [9.17, 15) is 13.6 Å². The molecule has 4 heterocycles. The van der Waals surface area contributed by atoms with Crippen molar-refractivity contribution in [1.82, 2.24) is 30.4 Å². The Bertz CT molecular complexity index is 2130. The molecule has 0 aliphatic carbocycles. The highest BCUT2D eigenvalue weighted by Crippen LogP contribution is 2.39. The number of nitrogens with one attached hydrogen (secondary N) is 1. The minimum absolute atomic E-state index is 0.0641. The highest BCUT2D eigenvalue weighted by atomic mass is 35.5. The summed E-state index contributed by atoms with van der Waals surface area (Å²) >= 11 is 29.5. The largest absolute Gasteiger partial charge is 0.274 e. The molecule has 0 spiro atoms. The lowest BCUT2D eigenvalue weighted by molar-refractivity contribution is 0.625. The van der Waals surface area contributed by atoms with Gasteiger partial charge in [-0.25, -0.2) is 13.9 Å². The second-order valence-corrected chi connectivity index (χ2v) is 11.8. The van der Waals surface area contributed by atoms with E-state index < -0.39 is 17.2 Å². The maximum Gasteiger partial charge on any atom is 0.274 e. The van der Waals surface area contributed by atoms with Gasteiger partial charge in [0.25, 0.3) is 5.56 Å². The van der Waals surface area contributed by atoms with E-state index in [-0.39, 0.29) is 32.1 Å². The van der Waals surface area contributed by atoms with Crippen LogP contribution in [0.1, 0.15) is 11.4 Å². The summed E-state index contributed by atoms with van der Waals surface area (Å²) in [6.45, 7) is 3.49. The van der Waals surface area contributed by atoms with E-state index in [2.05, 4.69) is 30.4 Å². The third-order valence-electron chi connectivity index (χ3n) is 6.62. The normalized spacial score (nSPS) is 10.8. The summed E-state index contributed by atoms with van der Waals surface area (Å²) < 4.78 is 28.6. The molecule has 0 radical (unpaired) electrons. The van der Waals surface area contributed by atoms with E-state index in [4.69, 9.17) is 58.0 Å². The first kappa shape index (κ1) is 33.4. The molecule has 6 rings (SSSR count). The van der Waals surface area contributed by atoms with Crippen LogP contribution in [0.5, 0.6) is 0 Å². The number of aromatic amines is 1. The number of aromatic nitrogens is 6. The van der Waals surface area contributed by atoms with Gasteiger partial charge in [-0.2, -0.15) is 10.2 Å². The topological polar surface area (TPSA) is 97.3 Å².